The summed E-state index contributed by atoms with van der Waals surface area (Å²) in [5.41, 5.74) is 1.16. The second-order valence-corrected chi connectivity index (χ2v) is 3.61. The van der Waals surface area contributed by atoms with Crippen molar-refractivity contribution in [3.8, 4) is 0 Å². The lowest BCUT2D eigenvalue weighted by Gasteiger charge is -2.16. The topological polar surface area (TPSA) is 12.0 Å². The van der Waals surface area contributed by atoms with Crippen LogP contribution in [0.5, 0.6) is 0 Å². The third-order valence-corrected chi connectivity index (χ3v) is 1.96. The van der Waals surface area contributed by atoms with Gasteiger partial charge in [-0.25, -0.2) is 0 Å². The smallest absolute Gasteiger partial charge is 0.119 e. The van der Waals surface area contributed by atoms with Crippen molar-refractivity contribution in [3.63, 3.8) is 0 Å². The molecule has 0 heterocycles. The van der Waals surface area contributed by atoms with Crippen LogP contribution >= 0.6 is 11.6 Å². The normalized spacial score (nSPS) is 12.5. The Morgan fingerprint density at radius 3 is 2.50 bits per heavy atom. The summed E-state index contributed by atoms with van der Waals surface area (Å²) in [5, 5.41) is 3.98. The molecule has 0 aliphatic rings. The van der Waals surface area contributed by atoms with Gasteiger partial charge in [-0.05, 0) is 25.7 Å². The standard InChI is InChI=1S/C9H17BClN/c1-7(2)9(4-8(3)11)5-12-6-10/h9,12H,1,3-6,10H2,2H3. The first-order valence-corrected chi connectivity index (χ1v) is 4.65. The summed E-state index contributed by atoms with van der Waals surface area (Å²) in [4.78, 5) is 0. The Bertz CT molecular complexity index is 168. The predicted octanol–water partition coefficient (Wildman–Crippen LogP) is 1.50. The van der Waals surface area contributed by atoms with E-state index in [4.69, 9.17) is 11.6 Å². The molecule has 0 amide bonds. The quantitative estimate of drug-likeness (QED) is 0.489. The third-order valence-electron chi connectivity index (χ3n) is 1.81. The first kappa shape index (κ1) is 11.8. The van der Waals surface area contributed by atoms with Crippen LogP contribution in [0.2, 0.25) is 0 Å². The van der Waals surface area contributed by atoms with Crippen molar-refractivity contribution in [3.05, 3.63) is 23.8 Å². The van der Waals surface area contributed by atoms with E-state index in [0.29, 0.717) is 11.0 Å². The summed E-state index contributed by atoms with van der Waals surface area (Å²) < 4.78 is 0. The van der Waals surface area contributed by atoms with Gasteiger partial charge in [-0.15, -0.1) is 0 Å². The molecular weight excluding hydrogens is 168 g/mol. The van der Waals surface area contributed by atoms with Crippen LogP contribution < -0.4 is 5.32 Å². The summed E-state index contributed by atoms with van der Waals surface area (Å²) in [6, 6.07) is 0. The van der Waals surface area contributed by atoms with E-state index < -0.39 is 0 Å². The Labute approximate surface area is 81.3 Å². The second-order valence-electron chi connectivity index (χ2n) is 3.07. The lowest BCUT2D eigenvalue weighted by molar-refractivity contribution is 0.567. The number of rotatable bonds is 6. The molecule has 0 spiro atoms. The van der Waals surface area contributed by atoms with E-state index in [2.05, 4.69) is 26.3 Å². The van der Waals surface area contributed by atoms with Crippen molar-refractivity contribution in [1.82, 2.24) is 5.32 Å². The summed E-state index contributed by atoms with van der Waals surface area (Å²) in [5.74, 6) is 0.426. The molecule has 0 aromatic rings. The highest BCUT2D eigenvalue weighted by molar-refractivity contribution is 6.29. The molecule has 0 saturated heterocycles. The molecule has 1 unspecified atom stereocenters. The first-order chi connectivity index (χ1) is 5.57. The van der Waals surface area contributed by atoms with Gasteiger partial charge in [0.05, 0.1) is 0 Å². The van der Waals surface area contributed by atoms with Gasteiger partial charge in [-0.1, -0.05) is 30.3 Å². The molecule has 0 rings (SSSR count). The van der Waals surface area contributed by atoms with Crippen molar-refractivity contribution >= 4 is 19.4 Å². The molecular formula is C9H17BClN. The fourth-order valence-electron chi connectivity index (χ4n) is 1.01. The minimum absolute atomic E-state index is 0.426. The monoisotopic (exact) mass is 185 g/mol. The van der Waals surface area contributed by atoms with Crippen LogP contribution in [-0.4, -0.2) is 20.8 Å². The van der Waals surface area contributed by atoms with E-state index in [0.717, 1.165) is 25.0 Å². The lowest BCUT2D eigenvalue weighted by Crippen LogP contribution is -2.24. The summed E-state index contributed by atoms with van der Waals surface area (Å²) in [7, 11) is 2.09. The van der Waals surface area contributed by atoms with Crippen LogP contribution in [0, 0.1) is 5.92 Å². The molecule has 0 aromatic heterocycles. The number of halogens is 1. The maximum Gasteiger partial charge on any atom is 0.119 e. The van der Waals surface area contributed by atoms with Crippen molar-refractivity contribution in [1.29, 1.82) is 0 Å². The van der Waals surface area contributed by atoms with Crippen molar-refractivity contribution in [2.45, 2.75) is 13.3 Å². The number of hydrogen-bond donors (Lipinski definition) is 1. The van der Waals surface area contributed by atoms with Gasteiger partial charge < -0.3 is 5.32 Å². The molecule has 12 heavy (non-hydrogen) atoms. The van der Waals surface area contributed by atoms with Crippen LogP contribution in [0.15, 0.2) is 23.8 Å². The van der Waals surface area contributed by atoms with Gasteiger partial charge in [0.25, 0.3) is 0 Å². The van der Waals surface area contributed by atoms with Crippen LogP contribution in [0.1, 0.15) is 13.3 Å². The summed E-state index contributed by atoms with van der Waals surface area (Å²) in [6.07, 6.45) is 1.81. The highest BCUT2D eigenvalue weighted by atomic mass is 35.5. The van der Waals surface area contributed by atoms with Gasteiger partial charge in [0, 0.05) is 11.6 Å². The van der Waals surface area contributed by atoms with Crippen LogP contribution in [-0.2, 0) is 0 Å². The van der Waals surface area contributed by atoms with Gasteiger partial charge in [-0.2, -0.15) is 0 Å². The second kappa shape index (κ2) is 6.33. The average Bonchev–Trinajstić information content (AvgIpc) is 1.96. The van der Waals surface area contributed by atoms with E-state index in [-0.39, 0.29) is 0 Å². The van der Waals surface area contributed by atoms with Gasteiger partial charge >= 0.3 is 0 Å². The molecule has 0 aliphatic carbocycles. The summed E-state index contributed by atoms with van der Waals surface area (Å²) >= 11 is 5.73. The third kappa shape index (κ3) is 5.45. The highest BCUT2D eigenvalue weighted by Gasteiger charge is 2.08. The summed E-state index contributed by atoms with van der Waals surface area (Å²) in [6.45, 7) is 10.6. The largest absolute Gasteiger partial charge is 0.324 e. The maximum atomic E-state index is 5.73. The number of allylic oxidation sites excluding steroid dienone is 1. The van der Waals surface area contributed by atoms with Crippen molar-refractivity contribution in [2.75, 3.05) is 13.0 Å². The molecule has 1 atom stereocenters. The van der Waals surface area contributed by atoms with Gasteiger partial charge in [-0.3, -0.25) is 0 Å². The van der Waals surface area contributed by atoms with Crippen LogP contribution in [0.4, 0.5) is 0 Å². The van der Waals surface area contributed by atoms with Crippen molar-refractivity contribution in [2.24, 2.45) is 5.92 Å². The van der Waals surface area contributed by atoms with Crippen LogP contribution in [0.25, 0.3) is 0 Å². The van der Waals surface area contributed by atoms with Gasteiger partial charge in [0.15, 0.2) is 0 Å². The molecule has 0 aromatic carbocycles. The minimum atomic E-state index is 0.426. The lowest BCUT2D eigenvalue weighted by atomic mass is 9.97. The fraction of sp³-hybridized carbons (Fsp3) is 0.556. The predicted molar refractivity (Wildman–Crippen MR) is 59.3 cm³/mol. The van der Waals surface area contributed by atoms with Gasteiger partial charge in [0.1, 0.15) is 7.85 Å². The number of hydrogen-bond acceptors (Lipinski definition) is 1. The van der Waals surface area contributed by atoms with E-state index in [9.17, 15) is 0 Å². The zero-order valence-electron chi connectivity index (χ0n) is 7.99. The Kier molecular flexibility index (Phi) is 6.22. The Hall–Kier alpha value is -0.205. The van der Waals surface area contributed by atoms with E-state index in [1.807, 2.05) is 6.92 Å². The zero-order chi connectivity index (χ0) is 9.56. The molecule has 3 heteroatoms. The van der Waals surface area contributed by atoms with Gasteiger partial charge in [0.2, 0.25) is 0 Å². The molecule has 0 saturated carbocycles. The molecule has 1 nitrogen and oxygen atoms in total. The molecule has 1 N–H and O–H groups in total. The molecule has 0 fully saturated rings. The number of nitrogens with one attached hydrogen (secondary N) is 1. The Balaban J connectivity index is 3.87. The highest BCUT2D eigenvalue weighted by Crippen LogP contribution is 2.18. The molecule has 0 aliphatic heterocycles. The van der Waals surface area contributed by atoms with E-state index in [1.54, 1.807) is 0 Å². The van der Waals surface area contributed by atoms with E-state index in [1.165, 1.54) is 0 Å². The maximum absolute atomic E-state index is 5.73. The van der Waals surface area contributed by atoms with E-state index >= 15 is 0 Å². The Morgan fingerprint density at radius 1 is 1.58 bits per heavy atom. The van der Waals surface area contributed by atoms with Crippen molar-refractivity contribution < 1.29 is 0 Å². The average molecular weight is 186 g/mol. The zero-order valence-corrected chi connectivity index (χ0v) is 8.75. The minimum Gasteiger partial charge on any atom is -0.324 e. The Morgan fingerprint density at radius 2 is 2.17 bits per heavy atom. The first-order valence-electron chi connectivity index (χ1n) is 4.27. The van der Waals surface area contributed by atoms with Crippen LogP contribution in [0.3, 0.4) is 0 Å². The SMILES string of the molecule is BCNCC(CC(=C)Cl)C(=C)C. The molecule has 0 radical (unpaired) electrons. The molecule has 68 valence electrons. The molecule has 0 bridgehead atoms. The fourth-order valence-corrected chi connectivity index (χ4v) is 1.19.